The van der Waals surface area contributed by atoms with Gasteiger partial charge in [0.25, 0.3) is 5.91 Å². The number of urea groups is 1. The third-order valence-electron chi connectivity index (χ3n) is 8.42. The van der Waals surface area contributed by atoms with Crippen molar-refractivity contribution in [1.82, 2.24) is 20.9 Å². The van der Waals surface area contributed by atoms with Crippen molar-refractivity contribution in [2.45, 2.75) is 136 Å². The minimum Gasteiger partial charge on any atom is -0.363 e. The van der Waals surface area contributed by atoms with Crippen molar-refractivity contribution in [3.8, 4) is 0 Å². The Kier molecular flexibility index (Phi) is 15.9. The maximum absolute atomic E-state index is 14.0. The fourth-order valence-corrected chi connectivity index (χ4v) is 7.10. The number of likely N-dealkylation sites (tertiary alicyclic amines) is 1. The molecule has 1 saturated heterocycles. The number of primary amides is 1. The average molecular weight is 628 g/mol. The van der Waals surface area contributed by atoms with Gasteiger partial charge in [-0.3, -0.25) is 23.4 Å². The lowest BCUT2D eigenvalue weighted by atomic mass is 9.85. The zero-order valence-corrected chi connectivity index (χ0v) is 28.5. The normalized spacial score (nSPS) is 18.8. The van der Waals surface area contributed by atoms with Gasteiger partial charge in [0.15, 0.2) is 0 Å². The molecule has 12 heteroatoms. The molecule has 0 saturated carbocycles. The van der Waals surface area contributed by atoms with Crippen LogP contribution in [-0.4, -0.2) is 80.9 Å². The summed E-state index contributed by atoms with van der Waals surface area (Å²) in [5.41, 5.74) is 3.93. The Morgan fingerprint density at radius 2 is 1.60 bits per heavy atom. The predicted molar refractivity (Wildman–Crippen MR) is 171 cm³/mol. The van der Waals surface area contributed by atoms with E-state index in [2.05, 4.69) is 22.9 Å². The number of carbonyl (C=O) groups excluding carboxylic acids is 5. The molecule has 0 aliphatic carbocycles. The number of Topliss-reactive ketones (excluding diaryl/α,β-unsaturated/α-hetero) is 1. The largest absolute Gasteiger partial charge is 0.363 e. The van der Waals surface area contributed by atoms with Crippen molar-refractivity contribution >= 4 is 40.3 Å². The zero-order valence-electron chi connectivity index (χ0n) is 27.7. The fourth-order valence-electron chi connectivity index (χ4n) is 5.97. The van der Waals surface area contributed by atoms with Crippen LogP contribution in [-0.2, 0) is 30.0 Å². The topological polar surface area (TPSA) is 168 Å². The van der Waals surface area contributed by atoms with Gasteiger partial charge in [-0.2, -0.15) is 0 Å². The highest BCUT2D eigenvalue weighted by Gasteiger charge is 2.43. The number of ketones is 1. The number of nitrogens with zero attached hydrogens (tertiary/aromatic N) is 1. The van der Waals surface area contributed by atoms with Crippen LogP contribution in [0.5, 0.6) is 0 Å². The van der Waals surface area contributed by atoms with Gasteiger partial charge in [0.2, 0.25) is 17.6 Å². The van der Waals surface area contributed by atoms with Crippen LogP contribution in [0.3, 0.4) is 0 Å². The Balaban J connectivity index is 3.21. The molecule has 0 bridgehead atoms. The molecule has 0 aromatic rings. The Morgan fingerprint density at radius 1 is 0.977 bits per heavy atom. The average Bonchev–Trinajstić information content (AvgIpc) is 3.41. The Labute approximate surface area is 261 Å². The quantitative estimate of drug-likeness (QED) is 0.170. The molecule has 0 spiro atoms. The van der Waals surface area contributed by atoms with Gasteiger partial charge in [0, 0.05) is 29.4 Å². The molecule has 0 aromatic heterocycles. The standard InChI is InChI=1S/C31H57N5O6S/c1-9-13-17-31(16-10-2,20-43(8)42)35-29(41)34-25(30(5,6)7)28(40)36-18-14-15-23(36)27(39)33-22(24(37)26(32)38)19-21(11-3)12-4/h21-23,25H,9-20H2,1-8H3,(H2,32,38)(H,33,39)(H2,34,35,41)/t22?,23-,25?,31?,43?/m0/s1. The van der Waals surface area contributed by atoms with Crippen LogP contribution in [0, 0.1) is 11.3 Å². The lowest BCUT2D eigenvalue weighted by molar-refractivity contribution is -0.143. The van der Waals surface area contributed by atoms with Crippen molar-refractivity contribution in [2.75, 3.05) is 18.6 Å². The molecule has 11 nitrogen and oxygen atoms in total. The maximum atomic E-state index is 14.0. The molecule has 1 aliphatic heterocycles. The first-order valence-corrected chi connectivity index (χ1v) is 17.6. The number of carbonyl (C=O) groups is 5. The van der Waals surface area contributed by atoms with Crippen LogP contribution < -0.4 is 21.7 Å². The minimum absolute atomic E-state index is 0.116. The molecule has 43 heavy (non-hydrogen) atoms. The lowest BCUT2D eigenvalue weighted by Crippen LogP contribution is -2.62. The number of rotatable bonds is 18. The SMILES string of the molecule is CCCCC(CCC)(CS(C)=O)NC(=O)NC(C(=O)N1CCC[C@H]1C(=O)NC(CC(CC)CC)C(=O)C(N)=O)C(C)(C)C. The van der Waals surface area contributed by atoms with Crippen molar-refractivity contribution in [3.05, 3.63) is 0 Å². The van der Waals surface area contributed by atoms with Gasteiger partial charge in [-0.15, -0.1) is 0 Å². The molecule has 1 rings (SSSR count). The van der Waals surface area contributed by atoms with Crippen LogP contribution in [0.2, 0.25) is 0 Å². The van der Waals surface area contributed by atoms with Crippen LogP contribution >= 0.6 is 0 Å². The van der Waals surface area contributed by atoms with Crippen molar-refractivity contribution in [1.29, 1.82) is 0 Å². The van der Waals surface area contributed by atoms with E-state index in [-0.39, 0.29) is 12.3 Å². The molecule has 1 heterocycles. The summed E-state index contributed by atoms with van der Waals surface area (Å²) in [4.78, 5) is 66.7. The molecule has 4 unspecified atom stereocenters. The smallest absolute Gasteiger partial charge is 0.315 e. The Bertz CT molecular complexity index is 996. The van der Waals surface area contributed by atoms with E-state index < -0.39 is 69.4 Å². The molecule has 5 N–H and O–H groups in total. The zero-order chi connectivity index (χ0) is 33.0. The number of nitrogens with two attached hydrogens (primary N) is 1. The summed E-state index contributed by atoms with van der Waals surface area (Å²) in [6, 6.07) is -3.38. The first-order valence-electron chi connectivity index (χ1n) is 15.9. The number of nitrogens with one attached hydrogen (secondary N) is 3. The van der Waals surface area contributed by atoms with E-state index in [1.54, 1.807) is 6.26 Å². The molecule has 0 radical (unpaired) electrons. The summed E-state index contributed by atoms with van der Waals surface area (Å²) in [7, 11) is -1.14. The molecule has 1 fully saturated rings. The highest BCUT2D eigenvalue weighted by atomic mass is 32.2. The highest BCUT2D eigenvalue weighted by Crippen LogP contribution is 2.27. The van der Waals surface area contributed by atoms with Crippen molar-refractivity contribution < 1.29 is 28.2 Å². The van der Waals surface area contributed by atoms with Gasteiger partial charge in [0.1, 0.15) is 12.1 Å². The number of hydrogen-bond donors (Lipinski definition) is 4. The van der Waals surface area contributed by atoms with Gasteiger partial charge < -0.3 is 26.6 Å². The molecule has 248 valence electrons. The minimum atomic E-state index is -1.14. The Morgan fingerprint density at radius 3 is 2.09 bits per heavy atom. The van der Waals surface area contributed by atoms with Gasteiger partial charge in [0.05, 0.1) is 11.6 Å². The van der Waals surface area contributed by atoms with E-state index >= 15 is 0 Å². The third kappa shape index (κ3) is 11.8. The van der Waals surface area contributed by atoms with Crippen LogP contribution in [0.1, 0.15) is 113 Å². The summed E-state index contributed by atoms with van der Waals surface area (Å²) in [5, 5.41) is 8.68. The van der Waals surface area contributed by atoms with Gasteiger partial charge in [-0.1, -0.05) is 80.6 Å². The van der Waals surface area contributed by atoms with Crippen LogP contribution in [0.15, 0.2) is 0 Å². The second-order valence-electron chi connectivity index (χ2n) is 13.1. The first-order chi connectivity index (χ1) is 20.0. The third-order valence-corrected chi connectivity index (χ3v) is 9.38. The monoisotopic (exact) mass is 627 g/mol. The second kappa shape index (κ2) is 17.7. The number of unbranched alkanes of at least 4 members (excludes halogenated alkanes) is 1. The molecular formula is C31H57N5O6S. The molecule has 5 atom stereocenters. The van der Waals surface area contributed by atoms with E-state index in [4.69, 9.17) is 5.73 Å². The van der Waals surface area contributed by atoms with E-state index in [0.717, 1.165) is 32.1 Å². The summed E-state index contributed by atoms with van der Waals surface area (Å²) < 4.78 is 12.3. The lowest BCUT2D eigenvalue weighted by Gasteiger charge is -2.38. The Hall–Kier alpha value is -2.50. The highest BCUT2D eigenvalue weighted by molar-refractivity contribution is 7.84. The van der Waals surface area contributed by atoms with Gasteiger partial charge >= 0.3 is 6.03 Å². The molecule has 0 aromatic carbocycles. The summed E-state index contributed by atoms with van der Waals surface area (Å²) in [6.07, 6.45) is 8.34. The molecule has 1 aliphatic rings. The van der Waals surface area contributed by atoms with E-state index in [1.165, 1.54) is 4.90 Å². The van der Waals surface area contributed by atoms with Gasteiger partial charge in [-0.25, -0.2) is 4.79 Å². The molecule has 5 amide bonds. The number of hydrogen-bond acceptors (Lipinski definition) is 6. The molecular weight excluding hydrogens is 570 g/mol. The van der Waals surface area contributed by atoms with Crippen molar-refractivity contribution in [2.24, 2.45) is 17.1 Å². The predicted octanol–water partition coefficient (Wildman–Crippen LogP) is 3.16. The summed E-state index contributed by atoms with van der Waals surface area (Å²) in [6.45, 7) is 13.9. The summed E-state index contributed by atoms with van der Waals surface area (Å²) >= 11 is 0. The first kappa shape index (κ1) is 38.5. The second-order valence-corrected chi connectivity index (χ2v) is 14.6. The fraction of sp³-hybridized carbons (Fsp3) is 0.839. The van der Waals surface area contributed by atoms with Gasteiger partial charge in [-0.05, 0) is 43.4 Å². The van der Waals surface area contributed by atoms with Crippen LogP contribution in [0.25, 0.3) is 0 Å². The maximum Gasteiger partial charge on any atom is 0.315 e. The van der Waals surface area contributed by atoms with Crippen LogP contribution in [0.4, 0.5) is 4.79 Å². The number of amides is 5. The van der Waals surface area contributed by atoms with E-state index in [1.807, 2.05) is 41.5 Å². The van der Waals surface area contributed by atoms with E-state index in [9.17, 15) is 28.2 Å². The summed E-state index contributed by atoms with van der Waals surface area (Å²) in [5.74, 6) is -2.44. The van der Waals surface area contributed by atoms with E-state index in [0.29, 0.717) is 38.0 Å². The van der Waals surface area contributed by atoms with Crippen molar-refractivity contribution in [3.63, 3.8) is 0 Å².